The maximum absolute atomic E-state index is 5.73. The summed E-state index contributed by atoms with van der Waals surface area (Å²) in [4.78, 5) is 0. The lowest BCUT2D eigenvalue weighted by Crippen LogP contribution is -2.08. The van der Waals surface area contributed by atoms with Crippen molar-refractivity contribution in [1.29, 1.82) is 0 Å². The van der Waals surface area contributed by atoms with E-state index in [1.165, 1.54) is 11.1 Å². The number of hydrogen-bond acceptors (Lipinski definition) is 4. The van der Waals surface area contributed by atoms with E-state index in [0.717, 1.165) is 28.2 Å². The van der Waals surface area contributed by atoms with Gasteiger partial charge in [0, 0.05) is 17.4 Å². The molecule has 3 aromatic rings. The third-order valence-electron chi connectivity index (χ3n) is 4.79. The molecule has 1 atom stereocenters. The van der Waals surface area contributed by atoms with Gasteiger partial charge in [0.15, 0.2) is 11.5 Å². The quantitative estimate of drug-likeness (QED) is 0.497. The number of rotatable bonds is 5. The van der Waals surface area contributed by atoms with Crippen molar-refractivity contribution < 1.29 is 9.47 Å². The largest absolute Gasteiger partial charge is 0.493 e. The van der Waals surface area contributed by atoms with Crippen LogP contribution in [0.1, 0.15) is 21.9 Å². The van der Waals surface area contributed by atoms with Crippen molar-refractivity contribution in [3.8, 4) is 11.5 Å². The van der Waals surface area contributed by atoms with E-state index in [0.29, 0.717) is 0 Å². The lowest BCUT2D eigenvalue weighted by molar-refractivity contribution is 0.352. The molecule has 140 valence electrons. The Kier molecular flexibility index (Phi) is 5.49. The zero-order valence-electron chi connectivity index (χ0n) is 15.8. The Morgan fingerprint density at radius 3 is 2.07 bits per heavy atom. The zero-order chi connectivity index (χ0) is 19.3. The second-order valence-electron chi connectivity index (χ2n) is 6.36. The topological polar surface area (TPSA) is 30.8 Å². The van der Waals surface area contributed by atoms with Crippen LogP contribution in [-0.2, 0) is 0 Å². The molecular formula is C24H21NO2S. The van der Waals surface area contributed by atoms with Crippen molar-refractivity contribution >= 4 is 29.3 Å². The Morgan fingerprint density at radius 2 is 1.43 bits per heavy atom. The molecule has 4 rings (SSSR count). The molecule has 3 nitrogen and oxygen atoms in total. The van der Waals surface area contributed by atoms with E-state index in [1.54, 1.807) is 26.2 Å². The van der Waals surface area contributed by atoms with Gasteiger partial charge in [-0.3, -0.25) is 0 Å². The first-order chi connectivity index (χ1) is 13.8. The van der Waals surface area contributed by atoms with Crippen LogP contribution < -0.4 is 9.47 Å². The molecule has 0 saturated heterocycles. The Balaban J connectivity index is 1.96. The predicted octanol–water partition coefficient (Wildman–Crippen LogP) is 6.09. The van der Waals surface area contributed by atoms with Gasteiger partial charge in [0.05, 0.1) is 19.5 Å². The van der Waals surface area contributed by atoms with Crippen LogP contribution in [0.4, 0.5) is 0 Å². The van der Waals surface area contributed by atoms with Crippen LogP contribution in [0.2, 0.25) is 0 Å². The van der Waals surface area contributed by atoms with E-state index in [9.17, 15) is 0 Å². The average molecular weight is 388 g/mol. The van der Waals surface area contributed by atoms with Gasteiger partial charge < -0.3 is 9.47 Å². The lowest BCUT2D eigenvalue weighted by atomic mass is 9.89. The van der Waals surface area contributed by atoms with Crippen LogP contribution in [0.15, 0.2) is 83.3 Å². The number of methoxy groups -OCH3 is 2. The number of nitrogens with zero attached hydrogens (tertiary/aromatic N) is 1. The standard InChI is InChI=1S/C24H21NO2S/c1-26-21-15-9-14-19(23(21)27-2)24-22(18-12-7-4-8-13-18)20(16-25-28-24)17-10-5-3-6-11-17/h3-16,24H,1-2H3. The van der Waals surface area contributed by atoms with Crippen molar-refractivity contribution in [1.82, 2.24) is 0 Å². The summed E-state index contributed by atoms with van der Waals surface area (Å²) in [6.45, 7) is 0. The summed E-state index contributed by atoms with van der Waals surface area (Å²) >= 11 is 1.54. The zero-order valence-corrected chi connectivity index (χ0v) is 16.6. The van der Waals surface area contributed by atoms with E-state index >= 15 is 0 Å². The summed E-state index contributed by atoms with van der Waals surface area (Å²) in [5.74, 6) is 1.48. The van der Waals surface area contributed by atoms with Crippen molar-refractivity contribution in [2.75, 3.05) is 14.2 Å². The van der Waals surface area contributed by atoms with Crippen molar-refractivity contribution in [2.45, 2.75) is 5.25 Å². The maximum atomic E-state index is 5.73. The molecule has 0 N–H and O–H groups in total. The van der Waals surface area contributed by atoms with Gasteiger partial charge in [-0.2, -0.15) is 0 Å². The van der Waals surface area contributed by atoms with E-state index in [2.05, 4.69) is 59.0 Å². The highest BCUT2D eigenvalue weighted by Gasteiger charge is 2.29. The molecule has 1 unspecified atom stereocenters. The molecule has 0 bridgehead atoms. The van der Waals surface area contributed by atoms with Gasteiger partial charge in [-0.1, -0.05) is 72.8 Å². The Labute approximate surface area is 169 Å². The number of ether oxygens (including phenoxy) is 2. The fraction of sp³-hybridized carbons (Fsp3) is 0.125. The van der Waals surface area contributed by atoms with Crippen LogP contribution in [0.3, 0.4) is 0 Å². The summed E-state index contributed by atoms with van der Waals surface area (Å²) in [5.41, 5.74) is 5.72. The number of para-hydroxylation sites is 1. The monoisotopic (exact) mass is 387 g/mol. The van der Waals surface area contributed by atoms with Crippen molar-refractivity contribution in [3.05, 3.63) is 95.6 Å². The first kappa shape index (κ1) is 18.4. The van der Waals surface area contributed by atoms with Gasteiger partial charge in [-0.05, 0) is 34.7 Å². The molecule has 28 heavy (non-hydrogen) atoms. The first-order valence-corrected chi connectivity index (χ1v) is 9.92. The van der Waals surface area contributed by atoms with Crippen LogP contribution in [0.25, 0.3) is 11.1 Å². The molecule has 0 radical (unpaired) electrons. The molecule has 0 amide bonds. The third kappa shape index (κ3) is 3.43. The Hall–Kier alpha value is -2.98. The fourth-order valence-electron chi connectivity index (χ4n) is 3.51. The summed E-state index contributed by atoms with van der Waals surface area (Å²) in [6, 6.07) is 26.9. The second-order valence-corrected chi connectivity index (χ2v) is 7.26. The smallest absolute Gasteiger partial charge is 0.165 e. The number of hydrogen-bond donors (Lipinski definition) is 0. The fourth-order valence-corrected chi connectivity index (χ4v) is 4.47. The summed E-state index contributed by atoms with van der Waals surface area (Å²) in [6.07, 6.45) is 1.96. The highest BCUT2D eigenvalue weighted by atomic mass is 32.2. The summed E-state index contributed by atoms with van der Waals surface area (Å²) in [7, 11) is 3.35. The van der Waals surface area contributed by atoms with Crippen LogP contribution >= 0.6 is 11.9 Å². The Bertz CT molecular complexity index is 1010. The van der Waals surface area contributed by atoms with Gasteiger partial charge in [0.2, 0.25) is 0 Å². The van der Waals surface area contributed by atoms with Gasteiger partial charge in [0.1, 0.15) is 0 Å². The average Bonchev–Trinajstić information content (AvgIpc) is 2.79. The van der Waals surface area contributed by atoms with Gasteiger partial charge in [0.25, 0.3) is 0 Å². The molecule has 0 saturated carbocycles. The van der Waals surface area contributed by atoms with E-state index < -0.39 is 0 Å². The molecule has 3 aromatic carbocycles. The molecule has 1 aliphatic heterocycles. The minimum absolute atomic E-state index is 0.00680. The lowest BCUT2D eigenvalue weighted by Gasteiger charge is -2.26. The van der Waals surface area contributed by atoms with Gasteiger partial charge >= 0.3 is 0 Å². The van der Waals surface area contributed by atoms with E-state index in [1.807, 2.05) is 30.5 Å². The molecular weight excluding hydrogens is 366 g/mol. The van der Waals surface area contributed by atoms with Gasteiger partial charge in [-0.15, -0.1) is 0 Å². The maximum Gasteiger partial charge on any atom is 0.165 e. The normalized spacial score (nSPS) is 16.1. The number of allylic oxidation sites excluding steroid dienone is 1. The van der Waals surface area contributed by atoms with Crippen LogP contribution in [0.5, 0.6) is 11.5 Å². The van der Waals surface area contributed by atoms with Crippen LogP contribution in [-0.4, -0.2) is 20.4 Å². The molecule has 0 spiro atoms. The summed E-state index contributed by atoms with van der Waals surface area (Å²) < 4.78 is 15.9. The van der Waals surface area contributed by atoms with E-state index in [-0.39, 0.29) is 5.25 Å². The van der Waals surface area contributed by atoms with Gasteiger partial charge in [-0.25, -0.2) is 4.40 Å². The number of benzene rings is 3. The highest BCUT2D eigenvalue weighted by Crippen LogP contribution is 2.51. The molecule has 0 aromatic heterocycles. The molecule has 4 heteroatoms. The minimum atomic E-state index is -0.00680. The third-order valence-corrected chi connectivity index (χ3v) is 5.71. The minimum Gasteiger partial charge on any atom is -0.493 e. The SMILES string of the molecule is COc1cccc(C2SN=CC(c3ccccc3)=C2c2ccccc2)c1OC. The Morgan fingerprint density at radius 1 is 0.750 bits per heavy atom. The predicted molar refractivity (Wildman–Crippen MR) is 118 cm³/mol. The molecule has 0 aliphatic carbocycles. The second kappa shape index (κ2) is 8.36. The highest BCUT2D eigenvalue weighted by molar-refractivity contribution is 7.99. The molecule has 0 fully saturated rings. The first-order valence-electron chi connectivity index (χ1n) is 9.08. The van der Waals surface area contributed by atoms with Crippen LogP contribution in [0, 0.1) is 0 Å². The summed E-state index contributed by atoms with van der Waals surface area (Å²) in [5, 5.41) is -0.00680. The van der Waals surface area contributed by atoms with E-state index in [4.69, 9.17) is 9.47 Å². The van der Waals surface area contributed by atoms with Crippen molar-refractivity contribution in [3.63, 3.8) is 0 Å². The molecule has 1 heterocycles. The van der Waals surface area contributed by atoms with Crippen molar-refractivity contribution in [2.24, 2.45) is 4.40 Å². The molecule has 1 aliphatic rings.